The van der Waals surface area contributed by atoms with Crippen LogP contribution in [0, 0.1) is 11.3 Å². The first-order chi connectivity index (χ1) is 15.8. The van der Waals surface area contributed by atoms with Crippen LogP contribution in [0.3, 0.4) is 0 Å². The van der Waals surface area contributed by atoms with Crippen LogP contribution in [0.15, 0.2) is 103 Å². The molecule has 0 radical (unpaired) electrons. The van der Waals surface area contributed by atoms with Crippen LogP contribution in [-0.4, -0.2) is 25.9 Å². The van der Waals surface area contributed by atoms with E-state index in [-0.39, 0.29) is 12.2 Å². The molecule has 0 bridgehead atoms. The number of nitrogens with zero attached hydrogens (tertiary/aromatic N) is 1. The highest BCUT2D eigenvalue weighted by atomic mass is 16.6. The van der Waals surface area contributed by atoms with Crippen molar-refractivity contribution < 1.29 is 14.2 Å². The Morgan fingerprint density at radius 3 is 1.84 bits per heavy atom. The molecule has 1 aliphatic rings. The Kier molecular flexibility index (Phi) is 7.01. The maximum atomic E-state index is 9.40. The third kappa shape index (κ3) is 4.45. The minimum absolute atomic E-state index is 0.107. The van der Waals surface area contributed by atoms with E-state index in [0.717, 1.165) is 29.5 Å². The number of hydrogen-bond donors (Lipinski definition) is 0. The molecule has 0 aromatic heterocycles. The topological polar surface area (TPSA) is 51.5 Å². The fraction of sp³-hybridized carbons (Fsp3) is 0.250. The van der Waals surface area contributed by atoms with Gasteiger partial charge in [-0.05, 0) is 29.5 Å². The van der Waals surface area contributed by atoms with E-state index < -0.39 is 5.60 Å². The van der Waals surface area contributed by atoms with Crippen LogP contribution in [0.2, 0.25) is 0 Å². The summed E-state index contributed by atoms with van der Waals surface area (Å²) in [6.07, 6.45) is 2.70. The van der Waals surface area contributed by atoms with E-state index in [1.807, 2.05) is 54.6 Å². The first kappa shape index (κ1) is 21.8. The Hall–Kier alpha value is -3.39. The monoisotopic (exact) mass is 425 g/mol. The van der Waals surface area contributed by atoms with Gasteiger partial charge in [-0.3, -0.25) is 0 Å². The van der Waals surface area contributed by atoms with Gasteiger partial charge >= 0.3 is 0 Å². The molecule has 0 aliphatic carbocycles. The zero-order chi connectivity index (χ0) is 22.2. The molecule has 2 atom stereocenters. The summed E-state index contributed by atoms with van der Waals surface area (Å²) in [7, 11) is 1.54. The van der Waals surface area contributed by atoms with Crippen molar-refractivity contribution in [2.45, 2.75) is 30.7 Å². The zero-order valence-corrected chi connectivity index (χ0v) is 18.2. The summed E-state index contributed by atoms with van der Waals surface area (Å²) >= 11 is 0. The number of ether oxygens (including phenoxy) is 3. The van der Waals surface area contributed by atoms with Crippen molar-refractivity contribution in [2.24, 2.45) is 0 Å². The van der Waals surface area contributed by atoms with Gasteiger partial charge in [0.05, 0.1) is 37.8 Å². The van der Waals surface area contributed by atoms with Crippen molar-refractivity contribution in [3.8, 4) is 6.07 Å². The molecule has 32 heavy (non-hydrogen) atoms. The molecule has 3 aromatic carbocycles. The molecule has 0 saturated carbocycles. The second-order valence-corrected chi connectivity index (χ2v) is 7.84. The lowest BCUT2D eigenvalue weighted by atomic mass is 9.80. The molecule has 0 amide bonds. The lowest BCUT2D eigenvalue weighted by Crippen LogP contribution is -2.35. The maximum Gasteiger partial charge on any atom is 0.143 e. The SMILES string of the molecule is CO/C=C(\C#N)C1CC[C@@H](COC(c2ccccc2)(c2ccccc2)c2ccccc2)O1. The third-order valence-corrected chi connectivity index (χ3v) is 5.86. The van der Waals surface area contributed by atoms with Gasteiger partial charge in [-0.1, -0.05) is 91.0 Å². The highest BCUT2D eigenvalue weighted by Gasteiger charge is 2.39. The van der Waals surface area contributed by atoms with E-state index in [1.54, 1.807) is 7.11 Å². The number of benzene rings is 3. The molecular weight excluding hydrogens is 398 g/mol. The van der Waals surface area contributed by atoms with E-state index >= 15 is 0 Å². The summed E-state index contributed by atoms with van der Waals surface area (Å²) in [5, 5.41) is 9.40. The molecule has 1 unspecified atom stereocenters. The minimum Gasteiger partial charge on any atom is -0.503 e. The Bertz CT molecular complexity index is 961. The molecule has 1 heterocycles. The summed E-state index contributed by atoms with van der Waals surface area (Å²) in [4.78, 5) is 0. The van der Waals surface area contributed by atoms with Crippen molar-refractivity contribution in [1.82, 2.24) is 0 Å². The summed E-state index contributed by atoms with van der Waals surface area (Å²) in [5.41, 5.74) is 2.92. The molecule has 4 heteroatoms. The van der Waals surface area contributed by atoms with Crippen LogP contribution < -0.4 is 0 Å². The largest absolute Gasteiger partial charge is 0.503 e. The Labute approximate surface area is 189 Å². The summed E-state index contributed by atoms with van der Waals surface area (Å²) < 4.78 is 18.0. The van der Waals surface area contributed by atoms with E-state index in [4.69, 9.17) is 14.2 Å². The van der Waals surface area contributed by atoms with Crippen molar-refractivity contribution in [3.05, 3.63) is 120 Å². The van der Waals surface area contributed by atoms with Crippen molar-refractivity contribution in [3.63, 3.8) is 0 Å². The molecule has 4 rings (SSSR count). The lowest BCUT2D eigenvalue weighted by molar-refractivity contribution is -0.0558. The van der Waals surface area contributed by atoms with Gasteiger partial charge < -0.3 is 14.2 Å². The lowest BCUT2D eigenvalue weighted by Gasteiger charge is -2.36. The second-order valence-electron chi connectivity index (χ2n) is 7.84. The van der Waals surface area contributed by atoms with Crippen LogP contribution in [0.1, 0.15) is 29.5 Å². The van der Waals surface area contributed by atoms with Crippen LogP contribution in [-0.2, 0) is 19.8 Å². The molecule has 3 aromatic rings. The fourth-order valence-electron chi connectivity index (χ4n) is 4.34. The maximum absolute atomic E-state index is 9.40. The minimum atomic E-state index is -0.772. The number of nitriles is 1. The Morgan fingerprint density at radius 2 is 1.41 bits per heavy atom. The Morgan fingerprint density at radius 1 is 0.906 bits per heavy atom. The molecule has 1 fully saturated rings. The quantitative estimate of drug-likeness (QED) is 0.268. The van der Waals surface area contributed by atoms with Gasteiger partial charge in [0.2, 0.25) is 0 Å². The van der Waals surface area contributed by atoms with Gasteiger partial charge in [0.15, 0.2) is 0 Å². The zero-order valence-electron chi connectivity index (χ0n) is 18.2. The summed E-state index contributed by atoms with van der Waals surface area (Å²) in [5.74, 6) is 0. The number of hydrogen-bond acceptors (Lipinski definition) is 4. The first-order valence-corrected chi connectivity index (χ1v) is 10.9. The van der Waals surface area contributed by atoms with Gasteiger partial charge in [0, 0.05) is 0 Å². The molecular formula is C28H27NO3. The van der Waals surface area contributed by atoms with Crippen molar-refractivity contribution in [1.29, 1.82) is 5.26 Å². The molecule has 0 spiro atoms. The van der Waals surface area contributed by atoms with Gasteiger partial charge in [0.25, 0.3) is 0 Å². The van der Waals surface area contributed by atoms with Crippen molar-refractivity contribution in [2.75, 3.05) is 13.7 Å². The standard InChI is InChI=1S/C28H27NO3/c1-30-20-22(19-29)27-18-17-26(32-27)21-31-28(23-11-5-2-6-12-23,24-13-7-3-8-14-24)25-15-9-4-10-16-25/h2-16,20,26-27H,17-18,21H2,1H3/b22-20+/t26-,27?/m0/s1. The van der Waals surface area contributed by atoms with E-state index in [0.29, 0.717) is 12.2 Å². The normalized spacial score (nSPS) is 18.8. The van der Waals surface area contributed by atoms with Gasteiger partial charge in [-0.25, -0.2) is 0 Å². The predicted molar refractivity (Wildman–Crippen MR) is 124 cm³/mol. The van der Waals surface area contributed by atoms with E-state index in [2.05, 4.69) is 42.5 Å². The summed E-state index contributed by atoms with van der Waals surface area (Å²) in [6.45, 7) is 0.404. The predicted octanol–water partition coefficient (Wildman–Crippen LogP) is 5.60. The number of methoxy groups -OCH3 is 1. The van der Waals surface area contributed by atoms with Crippen LogP contribution >= 0.6 is 0 Å². The molecule has 162 valence electrons. The van der Waals surface area contributed by atoms with E-state index in [9.17, 15) is 5.26 Å². The van der Waals surface area contributed by atoms with Gasteiger partial charge in [-0.15, -0.1) is 0 Å². The van der Waals surface area contributed by atoms with Crippen molar-refractivity contribution >= 4 is 0 Å². The smallest absolute Gasteiger partial charge is 0.143 e. The highest BCUT2D eigenvalue weighted by Crippen LogP contribution is 2.41. The summed E-state index contributed by atoms with van der Waals surface area (Å²) in [6, 6.07) is 33.1. The molecule has 1 aliphatic heterocycles. The van der Waals surface area contributed by atoms with Gasteiger partial charge in [-0.2, -0.15) is 5.26 Å². The highest BCUT2D eigenvalue weighted by molar-refractivity contribution is 5.47. The number of rotatable bonds is 8. The van der Waals surface area contributed by atoms with Gasteiger partial charge in [0.1, 0.15) is 11.7 Å². The van der Waals surface area contributed by atoms with Crippen LogP contribution in [0.25, 0.3) is 0 Å². The fourth-order valence-corrected chi connectivity index (χ4v) is 4.34. The average molecular weight is 426 g/mol. The first-order valence-electron chi connectivity index (χ1n) is 10.9. The second kappa shape index (κ2) is 10.3. The molecule has 1 saturated heterocycles. The molecule has 4 nitrogen and oxygen atoms in total. The van der Waals surface area contributed by atoms with E-state index in [1.165, 1.54) is 6.26 Å². The van der Waals surface area contributed by atoms with Crippen LogP contribution in [0.4, 0.5) is 0 Å². The Balaban J connectivity index is 1.68. The average Bonchev–Trinajstić information content (AvgIpc) is 3.34. The van der Waals surface area contributed by atoms with Crippen LogP contribution in [0.5, 0.6) is 0 Å². The third-order valence-electron chi connectivity index (χ3n) is 5.86. The molecule has 0 N–H and O–H groups in total.